The molecule has 4 aromatic rings. The highest BCUT2D eigenvalue weighted by Gasteiger charge is 2.15. The van der Waals surface area contributed by atoms with Crippen LogP contribution in [0.4, 0.5) is 11.4 Å². The molecule has 0 amide bonds. The second-order valence-electron chi connectivity index (χ2n) is 6.60. The number of hydrogen-bond donors (Lipinski definition) is 0. The van der Waals surface area contributed by atoms with Gasteiger partial charge in [-0.05, 0) is 43.3 Å². The van der Waals surface area contributed by atoms with Crippen LogP contribution in [0.2, 0.25) is 10.0 Å². The highest BCUT2D eigenvalue weighted by Crippen LogP contribution is 2.32. The third-order valence-electron chi connectivity index (χ3n) is 4.47. The third kappa shape index (κ3) is 4.62. The van der Waals surface area contributed by atoms with Crippen LogP contribution in [0.15, 0.2) is 82.3 Å². The first-order valence-corrected chi connectivity index (χ1v) is 11.0. The van der Waals surface area contributed by atoms with Gasteiger partial charge in [0.05, 0.1) is 27.0 Å². The van der Waals surface area contributed by atoms with Crippen molar-refractivity contribution in [2.45, 2.75) is 6.92 Å². The van der Waals surface area contributed by atoms with Crippen LogP contribution >= 0.6 is 34.5 Å². The van der Waals surface area contributed by atoms with E-state index in [4.69, 9.17) is 28.3 Å². The van der Waals surface area contributed by atoms with E-state index in [2.05, 4.69) is 9.98 Å². The van der Waals surface area contributed by atoms with E-state index < -0.39 is 4.92 Å². The topological polar surface area (TPSA) is 85.7 Å². The van der Waals surface area contributed by atoms with Gasteiger partial charge in [0, 0.05) is 28.2 Å². The Hall–Kier alpha value is -3.33. The minimum atomic E-state index is -0.464. The van der Waals surface area contributed by atoms with Gasteiger partial charge < -0.3 is 0 Å². The van der Waals surface area contributed by atoms with Crippen LogP contribution in [0.3, 0.4) is 0 Å². The smallest absolute Gasteiger partial charge is 0.258 e. The van der Waals surface area contributed by atoms with Crippen LogP contribution in [0.25, 0.3) is 11.3 Å². The average molecular weight is 484 g/mol. The summed E-state index contributed by atoms with van der Waals surface area (Å²) in [5, 5.41) is 19.0. The SMILES string of the molecule is CC(=Nn1c(-c2cc(Cl)ccc2Cl)csc1=Nc1ccccc1[N+](=O)[O-])c1ccccn1. The van der Waals surface area contributed by atoms with E-state index in [0.29, 0.717) is 37.5 Å². The van der Waals surface area contributed by atoms with Crippen molar-refractivity contribution in [3.8, 4) is 11.3 Å². The first-order valence-electron chi connectivity index (χ1n) is 9.35. The lowest BCUT2D eigenvalue weighted by molar-refractivity contribution is -0.384. The molecule has 0 aliphatic carbocycles. The molecule has 0 saturated heterocycles. The van der Waals surface area contributed by atoms with Crippen LogP contribution in [-0.4, -0.2) is 20.3 Å². The Morgan fingerprint density at radius 2 is 1.91 bits per heavy atom. The molecule has 2 aromatic carbocycles. The molecule has 0 saturated carbocycles. The Morgan fingerprint density at radius 3 is 2.66 bits per heavy atom. The largest absolute Gasteiger partial charge is 0.294 e. The molecule has 0 bridgehead atoms. The highest BCUT2D eigenvalue weighted by atomic mass is 35.5. The number of thiazole rings is 1. The number of hydrogen-bond acceptors (Lipinski definition) is 6. The van der Waals surface area contributed by atoms with E-state index in [-0.39, 0.29) is 11.4 Å². The van der Waals surface area contributed by atoms with Crippen molar-refractivity contribution in [3.05, 3.63) is 103 Å². The maximum absolute atomic E-state index is 11.4. The Balaban J connectivity index is 1.97. The first kappa shape index (κ1) is 21.9. The van der Waals surface area contributed by atoms with Gasteiger partial charge in [-0.2, -0.15) is 5.10 Å². The lowest BCUT2D eigenvalue weighted by Gasteiger charge is -2.08. The molecule has 0 spiro atoms. The molecule has 2 heterocycles. The van der Waals surface area contributed by atoms with E-state index in [1.165, 1.54) is 17.4 Å². The van der Waals surface area contributed by atoms with E-state index in [1.807, 2.05) is 30.5 Å². The minimum Gasteiger partial charge on any atom is -0.258 e. The zero-order valence-corrected chi connectivity index (χ0v) is 19.0. The molecule has 10 heteroatoms. The Bertz CT molecular complexity index is 1400. The monoisotopic (exact) mass is 483 g/mol. The normalized spacial score (nSPS) is 12.2. The summed E-state index contributed by atoms with van der Waals surface area (Å²) < 4.78 is 1.60. The van der Waals surface area contributed by atoms with Gasteiger partial charge in [0.15, 0.2) is 0 Å². The van der Waals surface area contributed by atoms with Gasteiger partial charge in [-0.25, -0.2) is 9.67 Å². The summed E-state index contributed by atoms with van der Waals surface area (Å²) >= 11 is 13.9. The number of para-hydroxylation sites is 2. The second kappa shape index (κ2) is 9.44. The number of aromatic nitrogens is 2. The summed E-state index contributed by atoms with van der Waals surface area (Å²) in [6.45, 7) is 1.82. The van der Waals surface area contributed by atoms with Crippen LogP contribution in [0.5, 0.6) is 0 Å². The van der Waals surface area contributed by atoms with E-state index >= 15 is 0 Å². The van der Waals surface area contributed by atoms with Gasteiger partial charge in [-0.1, -0.05) is 41.4 Å². The number of nitrogens with zero attached hydrogens (tertiary/aromatic N) is 5. The van der Waals surface area contributed by atoms with Crippen molar-refractivity contribution in [1.29, 1.82) is 0 Å². The van der Waals surface area contributed by atoms with Crippen molar-refractivity contribution in [3.63, 3.8) is 0 Å². The summed E-state index contributed by atoms with van der Waals surface area (Å²) in [4.78, 5) is 20.3. The molecule has 0 aliphatic heterocycles. The quantitative estimate of drug-likeness (QED) is 0.188. The van der Waals surface area contributed by atoms with Crippen LogP contribution in [0.1, 0.15) is 12.6 Å². The molecule has 4 rings (SSSR count). The zero-order valence-electron chi connectivity index (χ0n) is 16.6. The summed E-state index contributed by atoms with van der Waals surface area (Å²) in [6.07, 6.45) is 1.68. The number of nitro groups is 1. The summed E-state index contributed by atoms with van der Waals surface area (Å²) in [7, 11) is 0. The molecule has 160 valence electrons. The van der Waals surface area contributed by atoms with E-state index in [0.717, 1.165) is 0 Å². The summed E-state index contributed by atoms with van der Waals surface area (Å²) in [6, 6.07) is 17.0. The van der Waals surface area contributed by atoms with Crippen molar-refractivity contribution < 1.29 is 4.92 Å². The van der Waals surface area contributed by atoms with Gasteiger partial charge in [0.1, 0.15) is 5.69 Å². The predicted molar refractivity (Wildman–Crippen MR) is 128 cm³/mol. The van der Waals surface area contributed by atoms with Gasteiger partial charge in [-0.15, -0.1) is 11.3 Å². The maximum atomic E-state index is 11.4. The predicted octanol–water partition coefficient (Wildman–Crippen LogP) is 6.33. The number of halogens is 2. The molecule has 0 atom stereocenters. The van der Waals surface area contributed by atoms with Crippen LogP contribution in [0, 0.1) is 10.1 Å². The van der Waals surface area contributed by atoms with Gasteiger partial charge in [0.25, 0.3) is 5.69 Å². The molecule has 0 radical (unpaired) electrons. The zero-order chi connectivity index (χ0) is 22.7. The van der Waals surface area contributed by atoms with Gasteiger partial charge in [-0.3, -0.25) is 15.1 Å². The molecule has 0 aliphatic rings. The van der Waals surface area contributed by atoms with E-state index in [9.17, 15) is 10.1 Å². The molecule has 7 nitrogen and oxygen atoms in total. The van der Waals surface area contributed by atoms with Crippen molar-refractivity contribution >= 4 is 51.6 Å². The molecule has 32 heavy (non-hydrogen) atoms. The Kier molecular flexibility index (Phi) is 6.45. The van der Waals surface area contributed by atoms with Crippen LogP contribution in [-0.2, 0) is 0 Å². The molecular weight excluding hydrogens is 469 g/mol. The summed E-state index contributed by atoms with van der Waals surface area (Å²) in [5.41, 5.74) is 2.76. The first-order chi connectivity index (χ1) is 15.4. The number of rotatable bonds is 5. The Labute approximate surface area is 197 Å². The van der Waals surface area contributed by atoms with Gasteiger partial charge in [0.2, 0.25) is 4.80 Å². The molecule has 0 fully saturated rings. The average Bonchev–Trinajstić information content (AvgIpc) is 3.18. The molecule has 2 aromatic heterocycles. The minimum absolute atomic E-state index is 0.0970. The Morgan fingerprint density at radius 1 is 1.12 bits per heavy atom. The van der Waals surface area contributed by atoms with Crippen LogP contribution < -0.4 is 4.80 Å². The van der Waals surface area contributed by atoms with Crippen molar-refractivity contribution in [2.24, 2.45) is 10.1 Å². The second-order valence-corrected chi connectivity index (χ2v) is 8.28. The highest BCUT2D eigenvalue weighted by molar-refractivity contribution is 7.07. The lowest BCUT2D eigenvalue weighted by atomic mass is 10.2. The van der Waals surface area contributed by atoms with Crippen molar-refractivity contribution in [2.75, 3.05) is 0 Å². The molecule has 0 unspecified atom stereocenters. The molecule has 0 N–H and O–H groups in total. The lowest BCUT2D eigenvalue weighted by Crippen LogP contribution is -2.14. The fourth-order valence-corrected chi connectivity index (χ4v) is 4.17. The number of benzene rings is 2. The summed E-state index contributed by atoms with van der Waals surface area (Å²) in [5.74, 6) is 0. The van der Waals surface area contributed by atoms with E-state index in [1.54, 1.807) is 47.3 Å². The van der Waals surface area contributed by atoms with Gasteiger partial charge >= 0.3 is 0 Å². The third-order valence-corrected chi connectivity index (χ3v) is 5.85. The van der Waals surface area contributed by atoms with Crippen molar-refractivity contribution in [1.82, 2.24) is 9.66 Å². The standard InChI is InChI=1S/C22H15Cl2N5O2S/c1-14(18-6-4-5-11-25-18)27-28-21(16-12-15(23)9-10-17(16)24)13-32-22(28)26-19-7-2-3-8-20(19)29(30)31/h2-13H,1H3. The number of pyridine rings is 1. The maximum Gasteiger partial charge on any atom is 0.294 e. The fraction of sp³-hybridized carbons (Fsp3) is 0.0455. The molecular formula is C22H15Cl2N5O2S. The fourth-order valence-electron chi connectivity index (χ4n) is 2.95. The number of nitro benzene ring substituents is 1.